The molecule has 0 radical (unpaired) electrons. The summed E-state index contributed by atoms with van der Waals surface area (Å²) in [7, 11) is 0. The predicted molar refractivity (Wildman–Crippen MR) is 134 cm³/mol. The number of hydrogen-bond acceptors (Lipinski definition) is 6. The van der Waals surface area contributed by atoms with E-state index < -0.39 is 18.1 Å². The lowest BCUT2D eigenvalue weighted by Crippen LogP contribution is -2.42. The van der Waals surface area contributed by atoms with E-state index in [0.717, 1.165) is 23.3 Å². The number of aryl methyl sites for hydroxylation is 1. The summed E-state index contributed by atoms with van der Waals surface area (Å²) in [6.07, 6.45) is 0.743. The molecule has 2 aromatic carbocycles. The normalized spacial score (nSPS) is 12.5. The topological polar surface area (TPSA) is 148 Å². The SMILES string of the molecule is CCN=C(N)N/N=C(\C)CCc1cccc(OCCC(NC(=O)OCc2ccccc2)C(=O)O)c1. The first-order chi connectivity index (χ1) is 16.9. The average molecular weight is 484 g/mol. The molecule has 0 aliphatic rings. The number of rotatable bonds is 13. The number of nitrogens with zero attached hydrogens (tertiary/aromatic N) is 2. The van der Waals surface area contributed by atoms with E-state index in [1.807, 2.05) is 62.4 Å². The Morgan fingerprint density at radius 3 is 2.57 bits per heavy atom. The van der Waals surface area contributed by atoms with Gasteiger partial charge in [-0.3, -0.25) is 4.99 Å². The van der Waals surface area contributed by atoms with E-state index >= 15 is 0 Å². The second kappa shape index (κ2) is 14.9. The van der Waals surface area contributed by atoms with Crippen LogP contribution in [-0.4, -0.2) is 48.0 Å². The fraction of sp³-hybridized carbons (Fsp3) is 0.360. The first-order valence-electron chi connectivity index (χ1n) is 11.4. The third kappa shape index (κ3) is 11.1. The van der Waals surface area contributed by atoms with E-state index in [2.05, 4.69) is 20.8 Å². The van der Waals surface area contributed by atoms with Crippen molar-refractivity contribution in [3.63, 3.8) is 0 Å². The van der Waals surface area contributed by atoms with Crippen LogP contribution >= 0.6 is 0 Å². The lowest BCUT2D eigenvalue weighted by Gasteiger charge is -2.15. The molecule has 1 amide bonds. The van der Waals surface area contributed by atoms with Gasteiger partial charge in [0.2, 0.25) is 5.96 Å². The minimum Gasteiger partial charge on any atom is -0.493 e. The van der Waals surface area contributed by atoms with Gasteiger partial charge in [-0.15, -0.1) is 0 Å². The Morgan fingerprint density at radius 2 is 1.86 bits per heavy atom. The molecule has 188 valence electrons. The Balaban J connectivity index is 1.78. The maximum atomic E-state index is 12.0. The van der Waals surface area contributed by atoms with Crippen molar-refractivity contribution in [2.75, 3.05) is 13.2 Å². The summed E-state index contributed by atoms with van der Waals surface area (Å²) in [5, 5.41) is 16.0. The Morgan fingerprint density at radius 1 is 1.11 bits per heavy atom. The molecule has 0 spiro atoms. The van der Waals surface area contributed by atoms with Crippen molar-refractivity contribution in [1.82, 2.24) is 10.7 Å². The quantitative estimate of drug-likeness (QED) is 0.194. The zero-order valence-corrected chi connectivity index (χ0v) is 20.1. The van der Waals surface area contributed by atoms with Gasteiger partial charge >= 0.3 is 12.1 Å². The van der Waals surface area contributed by atoms with Crippen LogP contribution in [0.2, 0.25) is 0 Å². The predicted octanol–water partition coefficient (Wildman–Crippen LogP) is 3.07. The van der Waals surface area contributed by atoms with Crippen molar-refractivity contribution in [1.29, 1.82) is 0 Å². The van der Waals surface area contributed by atoms with Crippen molar-refractivity contribution in [3.8, 4) is 5.75 Å². The Kier molecular flexibility index (Phi) is 11.6. The molecule has 0 aliphatic heterocycles. The zero-order valence-electron chi connectivity index (χ0n) is 20.1. The first-order valence-corrected chi connectivity index (χ1v) is 11.4. The maximum absolute atomic E-state index is 12.0. The third-order valence-corrected chi connectivity index (χ3v) is 4.84. The fourth-order valence-electron chi connectivity index (χ4n) is 2.99. The molecule has 35 heavy (non-hydrogen) atoms. The minimum atomic E-state index is -1.16. The van der Waals surface area contributed by atoms with Gasteiger partial charge in [0.15, 0.2) is 0 Å². The molecular formula is C25H33N5O5. The third-order valence-electron chi connectivity index (χ3n) is 4.84. The van der Waals surface area contributed by atoms with Crippen LogP contribution in [0.15, 0.2) is 64.7 Å². The minimum absolute atomic E-state index is 0.0578. The van der Waals surface area contributed by atoms with Gasteiger partial charge in [0.25, 0.3) is 0 Å². The van der Waals surface area contributed by atoms with E-state index in [-0.39, 0.29) is 25.6 Å². The summed E-state index contributed by atoms with van der Waals surface area (Å²) in [6.45, 7) is 4.54. The lowest BCUT2D eigenvalue weighted by atomic mass is 10.1. The average Bonchev–Trinajstić information content (AvgIpc) is 2.85. The van der Waals surface area contributed by atoms with Gasteiger partial charge < -0.3 is 25.6 Å². The molecule has 10 heteroatoms. The van der Waals surface area contributed by atoms with Gasteiger partial charge in [0.05, 0.1) is 6.61 Å². The van der Waals surface area contributed by atoms with Crippen molar-refractivity contribution in [2.45, 2.75) is 45.8 Å². The van der Waals surface area contributed by atoms with Crippen LogP contribution in [0, 0.1) is 0 Å². The van der Waals surface area contributed by atoms with Gasteiger partial charge in [-0.2, -0.15) is 5.10 Å². The Bertz CT molecular complexity index is 1010. The smallest absolute Gasteiger partial charge is 0.408 e. The molecule has 1 unspecified atom stereocenters. The summed E-state index contributed by atoms with van der Waals surface area (Å²) in [5.74, 6) is -0.266. The number of aliphatic carboxylic acids is 1. The van der Waals surface area contributed by atoms with E-state index in [1.165, 1.54) is 0 Å². The lowest BCUT2D eigenvalue weighted by molar-refractivity contribution is -0.139. The number of nitrogens with one attached hydrogen (secondary N) is 2. The number of ether oxygens (including phenoxy) is 2. The van der Waals surface area contributed by atoms with Gasteiger partial charge in [0, 0.05) is 18.7 Å². The van der Waals surface area contributed by atoms with Crippen LogP contribution in [0.1, 0.15) is 37.8 Å². The molecule has 0 bridgehead atoms. The van der Waals surface area contributed by atoms with E-state index in [4.69, 9.17) is 15.2 Å². The Labute approximate surface area is 205 Å². The molecule has 10 nitrogen and oxygen atoms in total. The molecule has 5 N–H and O–H groups in total. The molecule has 0 aromatic heterocycles. The molecule has 0 saturated heterocycles. The number of carboxylic acid groups (broad SMARTS) is 1. The largest absolute Gasteiger partial charge is 0.493 e. The number of hydrogen-bond donors (Lipinski definition) is 4. The summed E-state index contributed by atoms with van der Waals surface area (Å²) in [5.41, 5.74) is 11.1. The second-order valence-electron chi connectivity index (χ2n) is 7.70. The maximum Gasteiger partial charge on any atom is 0.408 e. The van der Waals surface area contributed by atoms with Crippen LogP contribution in [-0.2, 0) is 22.6 Å². The van der Waals surface area contributed by atoms with Crippen LogP contribution in [0.25, 0.3) is 0 Å². The number of carbonyl (C=O) groups excluding carboxylic acids is 1. The summed E-state index contributed by atoms with van der Waals surface area (Å²) in [4.78, 5) is 27.5. The highest BCUT2D eigenvalue weighted by atomic mass is 16.5. The number of amides is 1. The molecule has 2 aromatic rings. The van der Waals surface area contributed by atoms with Crippen LogP contribution in [0.4, 0.5) is 4.79 Å². The molecule has 0 heterocycles. The highest BCUT2D eigenvalue weighted by Crippen LogP contribution is 2.15. The van der Waals surface area contributed by atoms with Crippen molar-refractivity contribution < 1.29 is 24.2 Å². The van der Waals surface area contributed by atoms with Crippen molar-refractivity contribution >= 4 is 23.7 Å². The van der Waals surface area contributed by atoms with Crippen molar-refractivity contribution in [2.24, 2.45) is 15.8 Å². The van der Waals surface area contributed by atoms with Crippen LogP contribution in [0.3, 0.4) is 0 Å². The summed E-state index contributed by atoms with van der Waals surface area (Å²) < 4.78 is 10.8. The molecule has 0 saturated carbocycles. The summed E-state index contributed by atoms with van der Waals surface area (Å²) >= 11 is 0. The van der Waals surface area contributed by atoms with Gasteiger partial charge in [0.1, 0.15) is 18.4 Å². The van der Waals surface area contributed by atoms with E-state index in [9.17, 15) is 14.7 Å². The number of carbonyl (C=O) groups is 2. The van der Waals surface area contributed by atoms with Gasteiger partial charge in [-0.25, -0.2) is 15.0 Å². The van der Waals surface area contributed by atoms with E-state index in [0.29, 0.717) is 18.7 Å². The molecule has 0 fully saturated rings. The van der Waals surface area contributed by atoms with Crippen LogP contribution in [0.5, 0.6) is 5.75 Å². The van der Waals surface area contributed by atoms with Gasteiger partial charge in [-0.05, 0) is 49.9 Å². The molecule has 1 atom stereocenters. The monoisotopic (exact) mass is 483 g/mol. The number of alkyl carbamates (subject to hydrolysis) is 1. The zero-order chi connectivity index (χ0) is 25.5. The second-order valence-corrected chi connectivity index (χ2v) is 7.70. The number of benzene rings is 2. The molecular weight excluding hydrogens is 450 g/mol. The number of guanidine groups is 1. The Hall–Kier alpha value is -4.08. The highest BCUT2D eigenvalue weighted by Gasteiger charge is 2.20. The standard InChI is InChI=1S/C25H33N5O5/c1-3-27-24(26)30-29-18(2)12-13-19-10-7-11-21(16-19)34-15-14-22(23(31)32)28-25(33)35-17-20-8-5-4-6-9-20/h4-11,16,22H,3,12-15,17H2,1-2H3,(H,28,33)(H,31,32)(H3,26,27,30)/b29-18+. The number of aliphatic imine (C=N–C) groups is 1. The first kappa shape index (κ1) is 27.2. The highest BCUT2D eigenvalue weighted by molar-refractivity contribution is 5.85. The number of hydrazone groups is 1. The molecule has 2 rings (SSSR count). The summed E-state index contributed by atoms with van der Waals surface area (Å²) in [6, 6.07) is 15.5. The number of nitrogens with two attached hydrogens (primary N) is 1. The fourth-order valence-corrected chi connectivity index (χ4v) is 2.99. The number of carboxylic acids is 1. The molecule has 0 aliphatic carbocycles. The van der Waals surface area contributed by atoms with E-state index in [1.54, 1.807) is 6.07 Å². The van der Waals surface area contributed by atoms with Crippen molar-refractivity contribution in [3.05, 3.63) is 65.7 Å². The van der Waals surface area contributed by atoms with Gasteiger partial charge in [-0.1, -0.05) is 42.5 Å². The van der Waals surface area contributed by atoms with Crippen LogP contribution < -0.4 is 21.2 Å².